The molecule has 0 saturated heterocycles. The topological polar surface area (TPSA) is 49.4 Å². The van der Waals surface area contributed by atoms with Crippen LogP contribution >= 0.6 is 23.2 Å². The fourth-order valence-corrected chi connectivity index (χ4v) is 2.33. The number of carboxylic acid groups (broad SMARTS) is 1. The van der Waals surface area contributed by atoms with Gasteiger partial charge in [0.25, 0.3) is 0 Å². The molecule has 0 fully saturated rings. The van der Waals surface area contributed by atoms with E-state index in [0.717, 1.165) is 11.1 Å². The monoisotopic (exact) mass is 346 g/mol. The maximum absolute atomic E-state index is 10.4. The summed E-state index contributed by atoms with van der Waals surface area (Å²) in [6.07, 6.45) is 0.290. The van der Waals surface area contributed by atoms with Gasteiger partial charge in [0.15, 0.2) is 0 Å². The Morgan fingerprint density at radius 2 is 1.91 bits per heavy atom. The molecule has 3 nitrogen and oxygen atoms in total. The van der Waals surface area contributed by atoms with Crippen molar-refractivity contribution in [2.24, 2.45) is 0 Å². The number of carbonyl (C=O) groups is 1. The van der Waals surface area contributed by atoms with E-state index < -0.39 is 5.97 Å². The molecule has 0 bridgehead atoms. The smallest absolute Gasteiger partial charge is 0.550 e. The van der Waals surface area contributed by atoms with Crippen molar-refractivity contribution in [1.29, 1.82) is 0 Å². The Bertz CT molecular complexity index is 647. The van der Waals surface area contributed by atoms with E-state index in [-0.39, 0.29) is 36.0 Å². The number of carboxylic acids is 1. The van der Waals surface area contributed by atoms with Crippen molar-refractivity contribution in [1.82, 2.24) is 0 Å². The van der Waals surface area contributed by atoms with Gasteiger partial charge in [0.05, 0.1) is 0 Å². The van der Waals surface area contributed by atoms with Gasteiger partial charge in [-0.1, -0.05) is 41.4 Å². The molecule has 0 aliphatic carbocycles. The summed E-state index contributed by atoms with van der Waals surface area (Å²) in [5.41, 5.74) is 1.72. The van der Waals surface area contributed by atoms with Crippen LogP contribution < -0.4 is 39.4 Å². The van der Waals surface area contributed by atoms with Crippen LogP contribution in [0.1, 0.15) is 17.5 Å². The molecule has 2 aromatic rings. The number of halogens is 2. The van der Waals surface area contributed by atoms with Gasteiger partial charge in [-0.15, -0.1) is 0 Å². The van der Waals surface area contributed by atoms with Crippen LogP contribution in [0, 0.1) is 0 Å². The van der Waals surface area contributed by atoms with E-state index in [0.29, 0.717) is 28.8 Å². The van der Waals surface area contributed by atoms with Crippen molar-refractivity contribution < 1.29 is 44.2 Å². The van der Waals surface area contributed by atoms with E-state index in [1.807, 2.05) is 18.2 Å². The Balaban J connectivity index is 0.00000242. The molecule has 2 aromatic carbocycles. The van der Waals surface area contributed by atoms with Gasteiger partial charge in [-0.25, -0.2) is 0 Å². The maximum atomic E-state index is 10.4. The summed E-state index contributed by atoms with van der Waals surface area (Å²) in [5, 5.41) is 11.6. The van der Waals surface area contributed by atoms with E-state index in [1.165, 1.54) is 0 Å². The Morgan fingerprint density at radius 3 is 2.55 bits per heavy atom. The number of aliphatic carboxylic acids is 1. The van der Waals surface area contributed by atoms with Crippen LogP contribution in [-0.2, 0) is 17.8 Å². The SMILES string of the molecule is O=C([O-])CCc1ccc(OCc2cccc(Cl)c2)cc1Cl.[Na+]. The summed E-state index contributed by atoms with van der Waals surface area (Å²) < 4.78 is 5.64. The summed E-state index contributed by atoms with van der Waals surface area (Å²) >= 11 is 12.0. The van der Waals surface area contributed by atoms with Crippen molar-refractivity contribution in [3.05, 3.63) is 63.6 Å². The predicted octanol–water partition coefficient (Wildman–Crippen LogP) is 0.259. The van der Waals surface area contributed by atoms with Gasteiger partial charge in [-0.2, -0.15) is 0 Å². The van der Waals surface area contributed by atoms with Crippen molar-refractivity contribution in [2.75, 3.05) is 0 Å². The molecule has 2 rings (SSSR count). The number of ether oxygens (including phenoxy) is 1. The molecule has 0 heterocycles. The second kappa shape index (κ2) is 9.43. The quantitative estimate of drug-likeness (QED) is 0.705. The fourth-order valence-electron chi connectivity index (χ4n) is 1.85. The normalized spacial score (nSPS) is 9.91. The van der Waals surface area contributed by atoms with E-state index in [4.69, 9.17) is 27.9 Å². The largest absolute Gasteiger partial charge is 1.00 e. The van der Waals surface area contributed by atoms with Gasteiger partial charge < -0.3 is 14.6 Å². The summed E-state index contributed by atoms with van der Waals surface area (Å²) in [7, 11) is 0. The first kappa shape index (κ1) is 19.3. The molecule has 22 heavy (non-hydrogen) atoms. The minimum Gasteiger partial charge on any atom is -0.550 e. The van der Waals surface area contributed by atoms with Crippen LogP contribution in [0.3, 0.4) is 0 Å². The molecule has 0 aliphatic heterocycles. The van der Waals surface area contributed by atoms with Crippen LogP contribution in [0.2, 0.25) is 10.0 Å². The number of hydrogen-bond donors (Lipinski definition) is 0. The van der Waals surface area contributed by atoms with Crippen LogP contribution in [0.15, 0.2) is 42.5 Å². The minimum atomic E-state index is -1.09. The van der Waals surface area contributed by atoms with Gasteiger partial charge in [-0.05, 0) is 48.2 Å². The van der Waals surface area contributed by atoms with Crippen LogP contribution in [0.4, 0.5) is 0 Å². The zero-order valence-electron chi connectivity index (χ0n) is 12.1. The van der Waals surface area contributed by atoms with Crippen molar-refractivity contribution in [3.63, 3.8) is 0 Å². The van der Waals surface area contributed by atoms with Crippen LogP contribution in [-0.4, -0.2) is 5.97 Å². The Labute approximate surface area is 161 Å². The minimum absolute atomic E-state index is 0. The first-order chi connectivity index (χ1) is 10.0. The average molecular weight is 347 g/mol. The molecule has 0 spiro atoms. The van der Waals surface area contributed by atoms with Gasteiger partial charge in [0.2, 0.25) is 0 Å². The molecule has 0 unspecified atom stereocenters. The average Bonchev–Trinajstić information content (AvgIpc) is 2.44. The first-order valence-electron chi connectivity index (χ1n) is 6.40. The molecule has 0 saturated carbocycles. The molecule has 0 atom stereocenters. The van der Waals surface area contributed by atoms with Gasteiger partial charge in [-0.3, -0.25) is 0 Å². The maximum Gasteiger partial charge on any atom is 1.00 e. The summed E-state index contributed by atoms with van der Waals surface area (Å²) in [4.78, 5) is 10.4. The third-order valence-corrected chi connectivity index (χ3v) is 3.50. The molecule has 0 amide bonds. The third kappa shape index (κ3) is 6.19. The number of hydrogen-bond acceptors (Lipinski definition) is 3. The number of carbonyl (C=O) groups excluding carboxylic acids is 1. The van der Waals surface area contributed by atoms with Crippen LogP contribution in [0.5, 0.6) is 5.75 Å². The van der Waals surface area contributed by atoms with E-state index in [9.17, 15) is 9.90 Å². The van der Waals surface area contributed by atoms with E-state index in [2.05, 4.69) is 0 Å². The molecule has 6 heteroatoms. The van der Waals surface area contributed by atoms with Crippen molar-refractivity contribution in [3.8, 4) is 5.75 Å². The number of rotatable bonds is 6. The Hall–Kier alpha value is -0.710. The van der Waals surface area contributed by atoms with Crippen LogP contribution in [0.25, 0.3) is 0 Å². The second-order valence-corrected chi connectivity index (χ2v) is 5.39. The standard InChI is InChI=1S/C16H14Cl2O3.Na/c17-13-3-1-2-11(8-13)10-21-14-6-4-12(15(18)9-14)5-7-16(19)20;/h1-4,6,8-9H,5,7,10H2,(H,19,20);/q;+1/p-1. The van der Waals surface area contributed by atoms with Gasteiger partial charge in [0.1, 0.15) is 12.4 Å². The second-order valence-electron chi connectivity index (χ2n) is 4.54. The zero-order chi connectivity index (χ0) is 15.2. The Morgan fingerprint density at radius 1 is 1.14 bits per heavy atom. The molecule has 0 aliphatic rings. The van der Waals surface area contributed by atoms with Crippen molar-refractivity contribution in [2.45, 2.75) is 19.4 Å². The molecular formula is C16H13Cl2NaO3. The third-order valence-electron chi connectivity index (χ3n) is 2.92. The van der Waals surface area contributed by atoms with Gasteiger partial charge in [0, 0.05) is 16.0 Å². The number of benzene rings is 2. The molecule has 110 valence electrons. The number of aryl methyl sites for hydroxylation is 1. The molecule has 0 aromatic heterocycles. The molecular weight excluding hydrogens is 334 g/mol. The predicted molar refractivity (Wildman–Crippen MR) is 80.6 cm³/mol. The fraction of sp³-hybridized carbons (Fsp3) is 0.188. The van der Waals surface area contributed by atoms with Gasteiger partial charge >= 0.3 is 29.6 Å². The van der Waals surface area contributed by atoms with Crippen molar-refractivity contribution >= 4 is 29.2 Å². The summed E-state index contributed by atoms with van der Waals surface area (Å²) in [5.74, 6) is -0.468. The Kier molecular flexibility index (Phi) is 8.29. The molecule has 0 N–H and O–H groups in total. The molecule has 0 radical (unpaired) electrons. The summed E-state index contributed by atoms with van der Waals surface area (Å²) in [6.45, 7) is 0.384. The van der Waals surface area contributed by atoms with E-state index in [1.54, 1.807) is 24.3 Å². The zero-order valence-corrected chi connectivity index (χ0v) is 15.7. The summed E-state index contributed by atoms with van der Waals surface area (Å²) in [6, 6.07) is 12.6. The first-order valence-corrected chi connectivity index (χ1v) is 7.16. The van der Waals surface area contributed by atoms with E-state index >= 15 is 0 Å².